The number of benzene rings is 1. The molecule has 28 heavy (non-hydrogen) atoms. The van der Waals surface area contributed by atoms with E-state index >= 15 is 0 Å². The van der Waals surface area contributed by atoms with Gasteiger partial charge in [0.15, 0.2) is 0 Å². The van der Waals surface area contributed by atoms with Crippen molar-refractivity contribution in [2.24, 2.45) is 0 Å². The van der Waals surface area contributed by atoms with Gasteiger partial charge in [-0.05, 0) is 24.3 Å². The molecule has 0 radical (unpaired) electrons. The number of fused-ring (bicyclic) bond motifs is 1. The third kappa shape index (κ3) is 3.00. The second-order valence-corrected chi connectivity index (χ2v) is 6.55. The largest absolute Gasteiger partial charge is 0.459 e. The molecule has 2 aromatic heterocycles. The summed E-state index contributed by atoms with van der Waals surface area (Å²) in [7, 11) is 0. The number of furan rings is 1. The molecule has 0 atom stereocenters. The van der Waals surface area contributed by atoms with Crippen molar-refractivity contribution in [3.05, 3.63) is 70.6 Å². The van der Waals surface area contributed by atoms with Gasteiger partial charge in [0.05, 0.1) is 5.69 Å². The van der Waals surface area contributed by atoms with Crippen molar-refractivity contribution in [2.75, 3.05) is 12.3 Å². The van der Waals surface area contributed by atoms with Crippen LogP contribution in [0.4, 0.5) is 5.82 Å². The van der Waals surface area contributed by atoms with Crippen LogP contribution in [0.3, 0.4) is 0 Å². The molecule has 1 aromatic carbocycles. The quantitative estimate of drug-likeness (QED) is 0.727. The smallest absolute Gasteiger partial charge is 0.254 e. The number of nitrogens with two attached hydrogens (primary N) is 1. The second-order valence-electron chi connectivity index (χ2n) is 6.55. The number of rotatable bonds is 3. The normalized spacial score (nSPS) is 13.1. The van der Waals surface area contributed by atoms with Crippen LogP contribution in [-0.2, 0) is 19.6 Å². The van der Waals surface area contributed by atoms with Gasteiger partial charge in [-0.15, -0.1) is 0 Å². The van der Waals surface area contributed by atoms with Crippen LogP contribution in [0.2, 0.25) is 0 Å². The summed E-state index contributed by atoms with van der Waals surface area (Å²) in [6.45, 7) is 0.567. The average Bonchev–Trinajstić information content (AvgIpc) is 3.21. The summed E-state index contributed by atoms with van der Waals surface area (Å²) in [5, 5.41) is 18.9. The summed E-state index contributed by atoms with van der Waals surface area (Å²) in [6.07, 6.45) is 0.532. The molecule has 7 nitrogen and oxygen atoms in total. The number of amides is 1. The lowest BCUT2D eigenvalue weighted by Gasteiger charge is -2.30. The van der Waals surface area contributed by atoms with Gasteiger partial charge in [-0.25, -0.2) is 4.98 Å². The molecule has 4 rings (SSSR count). The summed E-state index contributed by atoms with van der Waals surface area (Å²) >= 11 is 0. The fourth-order valence-electron chi connectivity index (χ4n) is 3.50. The van der Waals surface area contributed by atoms with Gasteiger partial charge in [0, 0.05) is 36.2 Å². The lowest BCUT2D eigenvalue weighted by molar-refractivity contribution is 0.0734. The SMILES string of the molecule is N#Cc1c(N)nc2c(c1-c1ccc(CO)o1)CN(C(=O)c1ccccc1)CC2. The zero-order chi connectivity index (χ0) is 19.7. The highest BCUT2D eigenvalue weighted by atomic mass is 16.4. The molecule has 140 valence electrons. The highest BCUT2D eigenvalue weighted by Crippen LogP contribution is 2.36. The number of nitrogen functional groups attached to an aromatic ring is 1. The molecule has 7 heteroatoms. The van der Waals surface area contributed by atoms with Gasteiger partial charge in [0.2, 0.25) is 0 Å². The van der Waals surface area contributed by atoms with Crippen LogP contribution < -0.4 is 5.73 Å². The lowest BCUT2D eigenvalue weighted by Crippen LogP contribution is -2.37. The molecule has 1 aliphatic rings. The standard InChI is InChI=1S/C21H18N4O3/c22-10-15-19(18-7-6-14(12-26)28-18)16-11-25(9-8-17(16)24-20(15)23)21(27)13-4-2-1-3-5-13/h1-7,26H,8-9,11-12H2,(H2,23,24). The van der Waals surface area contributed by atoms with Crippen molar-refractivity contribution in [1.29, 1.82) is 5.26 Å². The maximum absolute atomic E-state index is 12.9. The number of nitriles is 1. The minimum absolute atomic E-state index is 0.0805. The number of nitrogens with zero attached hydrogens (tertiary/aromatic N) is 3. The number of hydrogen-bond donors (Lipinski definition) is 2. The fourth-order valence-corrected chi connectivity index (χ4v) is 3.50. The first kappa shape index (κ1) is 17.8. The third-order valence-corrected chi connectivity index (χ3v) is 4.86. The molecule has 3 heterocycles. The first-order chi connectivity index (χ1) is 13.6. The number of aliphatic hydroxyl groups is 1. The molecule has 1 amide bonds. The Balaban J connectivity index is 1.80. The maximum atomic E-state index is 12.9. The molecule has 0 unspecified atom stereocenters. The van der Waals surface area contributed by atoms with E-state index in [0.717, 1.165) is 11.3 Å². The fraction of sp³-hybridized carbons (Fsp3) is 0.190. The van der Waals surface area contributed by atoms with E-state index in [2.05, 4.69) is 11.1 Å². The predicted octanol–water partition coefficient (Wildman–Crippen LogP) is 2.49. The molecule has 1 aliphatic heterocycles. The summed E-state index contributed by atoms with van der Waals surface area (Å²) in [6, 6.07) is 14.5. The number of carbonyl (C=O) groups is 1. The molecule has 0 bridgehead atoms. The van der Waals surface area contributed by atoms with Crippen LogP contribution in [0, 0.1) is 11.3 Å². The van der Waals surface area contributed by atoms with Gasteiger partial charge in [0.1, 0.15) is 35.6 Å². The van der Waals surface area contributed by atoms with Crippen molar-refractivity contribution < 1.29 is 14.3 Å². The number of hydrogen-bond acceptors (Lipinski definition) is 6. The van der Waals surface area contributed by atoms with Crippen molar-refractivity contribution in [3.8, 4) is 17.4 Å². The number of anilines is 1. The molecular weight excluding hydrogens is 356 g/mol. The van der Waals surface area contributed by atoms with Gasteiger partial charge < -0.3 is 20.2 Å². The second kappa shape index (κ2) is 7.18. The molecule has 0 spiro atoms. The Morgan fingerprint density at radius 3 is 2.75 bits per heavy atom. The van der Waals surface area contributed by atoms with Gasteiger partial charge in [0.25, 0.3) is 5.91 Å². The van der Waals surface area contributed by atoms with E-state index in [1.165, 1.54) is 0 Å². The Bertz CT molecular complexity index is 1080. The van der Waals surface area contributed by atoms with Crippen LogP contribution in [0.15, 0.2) is 46.9 Å². The van der Waals surface area contributed by atoms with E-state index in [9.17, 15) is 15.2 Å². The van der Waals surface area contributed by atoms with Crippen LogP contribution in [-0.4, -0.2) is 27.4 Å². The van der Waals surface area contributed by atoms with E-state index < -0.39 is 0 Å². The van der Waals surface area contributed by atoms with Gasteiger partial charge in [-0.1, -0.05) is 18.2 Å². The van der Waals surface area contributed by atoms with Gasteiger partial charge in [-0.3, -0.25) is 4.79 Å². The first-order valence-electron chi connectivity index (χ1n) is 8.88. The molecule has 0 saturated carbocycles. The number of aromatic nitrogens is 1. The monoisotopic (exact) mass is 374 g/mol. The number of aliphatic hydroxyl groups excluding tert-OH is 1. The number of carbonyl (C=O) groups excluding carboxylic acids is 1. The van der Waals surface area contributed by atoms with Crippen molar-refractivity contribution in [3.63, 3.8) is 0 Å². The summed E-state index contributed by atoms with van der Waals surface area (Å²) in [5.74, 6) is 0.875. The molecule has 0 fully saturated rings. The summed E-state index contributed by atoms with van der Waals surface area (Å²) in [5.41, 5.74) is 8.88. The Morgan fingerprint density at radius 1 is 1.29 bits per heavy atom. The minimum atomic E-state index is -0.247. The van der Waals surface area contributed by atoms with Gasteiger partial charge in [-0.2, -0.15) is 5.26 Å². The lowest BCUT2D eigenvalue weighted by atomic mass is 9.94. The first-order valence-corrected chi connectivity index (χ1v) is 8.88. The van der Waals surface area contributed by atoms with Crippen LogP contribution in [0.1, 0.15) is 32.9 Å². The van der Waals surface area contributed by atoms with Crippen molar-refractivity contribution in [1.82, 2.24) is 9.88 Å². The van der Waals surface area contributed by atoms with E-state index in [1.54, 1.807) is 29.2 Å². The molecule has 0 aliphatic carbocycles. The van der Waals surface area contributed by atoms with E-state index in [1.807, 2.05) is 18.2 Å². The van der Waals surface area contributed by atoms with Crippen molar-refractivity contribution >= 4 is 11.7 Å². The van der Waals surface area contributed by atoms with Gasteiger partial charge >= 0.3 is 0 Å². The summed E-state index contributed by atoms with van der Waals surface area (Å²) in [4.78, 5) is 19.0. The van der Waals surface area contributed by atoms with E-state index in [0.29, 0.717) is 42.2 Å². The average molecular weight is 374 g/mol. The van der Waals surface area contributed by atoms with Crippen LogP contribution in [0.5, 0.6) is 0 Å². The van der Waals surface area contributed by atoms with Crippen molar-refractivity contribution in [2.45, 2.75) is 19.6 Å². The Kier molecular flexibility index (Phi) is 4.55. The van der Waals surface area contributed by atoms with E-state index in [-0.39, 0.29) is 23.9 Å². The predicted molar refractivity (Wildman–Crippen MR) is 102 cm³/mol. The zero-order valence-electron chi connectivity index (χ0n) is 15.1. The minimum Gasteiger partial charge on any atom is -0.459 e. The van der Waals surface area contributed by atoms with Crippen LogP contribution >= 0.6 is 0 Å². The highest BCUT2D eigenvalue weighted by molar-refractivity contribution is 5.94. The molecular formula is C21H18N4O3. The summed E-state index contributed by atoms with van der Waals surface area (Å²) < 4.78 is 5.67. The molecule has 3 aromatic rings. The Morgan fingerprint density at radius 2 is 2.07 bits per heavy atom. The topological polar surface area (TPSA) is 116 Å². The third-order valence-electron chi connectivity index (χ3n) is 4.86. The maximum Gasteiger partial charge on any atom is 0.254 e. The molecule has 0 saturated heterocycles. The highest BCUT2D eigenvalue weighted by Gasteiger charge is 2.29. The van der Waals surface area contributed by atoms with E-state index in [4.69, 9.17) is 10.2 Å². The zero-order valence-corrected chi connectivity index (χ0v) is 15.1. The Hall–Kier alpha value is -3.63. The van der Waals surface area contributed by atoms with Crippen LogP contribution in [0.25, 0.3) is 11.3 Å². The Labute approximate surface area is 161 Å². The molecule has 3 N–H and O–H groups in total. The number of pyridine rings is 1.